The first kappa shape index (κ1) is 17.2. The second-order valence-corrected chi connectivity index (χ2v) is 6.35. The number of aromatic nitrogens is 1. The van der Waals surface area contributed by atoms with Crippen LogP contribution < -0.4 is 10.2 Å². The molecular formula is C20H22FN3O. The van der Waals surface area contributed by atoms with Crippen molar-refractivity contribution in [2.24, 2.45) is 0 Å². The molecule has 1 heterocycles. The zero-order valence-corrected chi connectivity index (χ0v) is 14.6. The van der Waals surface area contributed by atoms with Crippen LogP contribution in [0.3, 0.4) is 0 Å². The first-order valence-electron chi connectivity index (χ1n) is 8.24. The van der Waals surface area contributed by atoms with Crippen LogP contribution in [-0.4, -0.2) is 36.8 Å². The number of hydrogen-bond donors (Lipinski definition) is 2. The van der Waals surface area contributed by atoms with Gasteiger partial charge in [-0.05, 0) is 36.1 Å². The van der Waals surface area contributed by atoms with Crippen molar-refractivity contribution in [3.05, 3.63) is 54.5 Å². The molecule has 0 fully saturated rings. The van der Waals surface area contributed by atoms with Crippen molar-refractivity contribution in [2.75, 3.05) is 30.9 Å². The Kier molecular flexibility index (Phi) is 4.86. The lowest BCUT2D eigenvalue weighted by Crippen LogP contribution is -2.16. The number of fused-ring (bicyclic) bond motifs is 1. The van der Waals surface area contributed by atoms with Crippen molar-refractivity contribution < 1.29 is 9.50 Å². The lowest BCUT2D eigenvalue weighted by atomic mass is 9.99. The van der Waals surface area contributed by atoms with Crippen LogP contribution in [0.2, 0.25) is 0 Å². The molecule has 2 N–H and O–H groups in total. The van der Waals surface area contributed by atoms with Gasteiger partial charge in [-0.1, -0.05) is 24.3 Å². The quantitative estimate of drug-likeness (QED) is 0.740. The zero-order chi connectivity index (χ0) is 18.0. The van der Waals surface area contributed by atoms with Crippen molar-refractivity contribution in [1.29, 1.82) is 0 Å². The third kappa shape index (κ3) is 3.56. The molecule has 130 valence electrons. The number of pyridine rings is 1. The molecule has 0 aliphatic rings. The largest absolute Gasteiger partial charge is 0.392 e. The Morgan fingerprint density at radius 3 is 2.52 bits per heavy atom. The second-order valence-electron chi connectivity index (χ2n) is 6.35. The molecule has 0 aliphatic heterocycles. The summed E-state index contributed by atoms with van der Waals surface area (Å²) in [6.45, 7) is 1.99. The number of hydrogen-bond acceptors (Lipinski definition) is 4. The van der Waals surface area contributed by atoms with E-state index in [4.69, 9.17) is 0 Å². The molecule has 3 rings (SSSR count). The third-order valence-corrected chi connectivity index (χ3v) is 4.12. The van der Waals surface area contributed by atoms with Crippen molar-refractivity contribution in [3.8, 4) is 11.1 Å². The highest BCUT2D eigenvalue weighted by molar-refractivity contribution is 6.02. The fraction of sp³-hybridized carbons (Fsp3) is 0.250. The molecule has 3 aromatic rings. The van der Waals surface area contributed by atoms with Crippen LogP contribution in [0.5, 0.6) is 0 Å². The zero-order valence-electron chi connectivity index (χ0n) is 14.6. The fourth-order valence-corrected chi connectivity index (χ4v) is 2.80. The van der Waals surface area contributed by atoms with Gasteiger partial charge >= 0.3 is 0 Å². The van der Waals surface area contributed by atoms with E-state index in [9.17, 15) is 9.50 Å². The Balaban J connectivity index is 2.11. The Labute approximate surface area is 146 Å². The van der Waals surface area contributed by atoms with Crippen LogP contribution in [-0.2, 0) is 0 Å². The molecule has 0 spiro atoms. The first-order chi connectivity index (χ1) is 12.0. The minimum absolute atomic E-state index is 0.313. The maximum Gasteiger partial charge on any atom is 0.136 e. The van der Waals surface area contributed by atoms with Gasteiger partial charge < -0.3 is 15.3 Å². The Bertz CT molecular complexity index is 876. The van der Waals surface area contributed by atoms with E-state index in [0.717, 1.165) is 22.2 Å². The van der Waals surface area contributed by atoms with Gasteiger partial charge in [-0.25, -0.2) is 9.37 Å². The molecule has 1 aromatic heterocycles. The van der Waals surface area contributed by atoms with Crippen molar-refractivity contribution in [3.63, 3.8) is 0 Å². The van der Waals surface area contributed by atoms with Gasteiger partial charge in [0.05, 0.1) is 11.5 Å². The van der Waals surface area contributed by atoms with E-state index in [-0.39, 0.29) is 5.82 Å². The molecule has 25 heavy (non-hydrogen) atoms. The van der Waals surface area contributed by atoms with Gasteiger partial charge in [0.15, 0.2) is 0 Å². The minimum Gasteiger partial charge on any atom is -0.392 e. The molecule has 0 amide bonds. The lowest BCUT2D eigenvalue weighted by molar-refractivity contribution is 0.208. The molecule has 0 bridgehead atoms. The highest BCUT2D eigenvalue weighted by Gasteiger charge is 2.13. The summed E-state index contributed by atoms with van der Waals surface area (Å²) in [6.07, 6.45) is 1.21. The monoisotopic (exact) mass is 339 g/mol. The summed E-state index contributed by atoms with van der Waals surface area (Å²) in [4.78, 5) is 6.43. The normalized spacial score (nSPS) is 12.2. The molecule has 2 aromatic carbocycles. The van der Waals surface area contributed by atoms with Gasteiger partial charge in [0.2, 0.25) is 0 Å². The van der Waals surface area contributed by atoms with Crippen LogP contribution in [0.1, 0.15) is 6.92 Å². The number of nitrogens with one attached hydrogen (secondary N) is 1. The van der Waals surface area contributed by atoms with Crippen molar-refractivity contribution in [1.82, 2.24) is 4.98 Å². The number of aliphatic hydroxyl groups excluding tert-OH is 1. The molecule has 4 nitrogen and oxygen atoms in total. The van der Waals surface area contributed by atoms with Crippen LogP contribution >= 0.6 is 0 Å². The summed E-state index contributed by atoms with van der Waals surface area (Å²) >= 11 is 0. The molecule has 1 unspecified atom stereocenters. The summed E-state index contributed by atoms with van der Waals surface area (Å²) in [5, 5.41) is 13.7. The van der Waals surface area contributed by atoms with Crippen molar-refractivity contribution >= 4 is 22.3 Å². The first-order valence-corrected chi connectivity index (χ1v) is 8.24. The molecule has 5 heteroatoms. The summed E-state index contributed by atoms with van der Waals surface area (Å²) in [6, 6.07) is 13.1. The summed E-state index contributed by atoms with van der Waals surface area (Å²) in [5.74, 6) is 0.118. The van der Waals surface area contributed by atoms with Gasteiger partial charge in [0.1, 0.15) is 11.6 Å². The number of anilines is 2. The van der Waals surface area contributed by atoms with E-state index in [1.54, 1.807) is 19.2 Å². The van der Waals surface area contributed by atoms with Crippen LogP contribution in [0.25, 0.3) is 21.9 Å². The Morgan fingerprint density at radius 2 is 1.88 bits per heavy atom. The maximum atomic E-state index is 14.5. The second kappa shape index (κ2) is 7.07. The topological polar surface area (TPSA) is 48.4 Å². The highest BCUT2D eigenvalue weighted by Crippen LogP contribution is 2.33. The van der Waals surface area contributed by atoms with Gasteiger partial charge in [0, 0.05) is 38.1 Å². The molecule has 1 atom stereocenters. The van der Waals surface area contributed by atoms with E-state index >= 15 is 0 Å². The summed E-state index contributed by atoms with van der Waals surface area (Å²) in [5.41, 5.74) is 2.96. The van der Waals surface area contributed by atoms with Gasteiger partial charge in [-0.15, -0.1) is 0 Å². The highest BCUT2D eigenvalue weighted by atomic mass is 19.1. The van der Waals surface area contributed by atoms with E-state index in [1.807, 2.05) is 49.3 Å². The average Bonchev–Trinajstić information content (AvgIpc) is 2.60. The SMILES string of the molecule is CC(O)CNc1ncc(-c2ccc(N(C)C)cc2)c2cccc(F)c12. The number of rotatable bonds is 5. The van der Waals surface area contributed by atoms with E-state index in [2.05, 4.69) is 10.3 Å². The van der Waals surface area contributed by atoms with Crippen LogP contribution in [0.4, 0.5) is 15.9 Å². The average molecular weight is 339 g/mol. The fourth-order valence-electron chi connectivity index (χ4n) is 2.80. The Morgan fingerprint density at radius 1 is 1.16 bits per heavy atom. The van der Waals surface area contributed by atoms with Gasteiger partial charge in [-0.2, -0.15) is 0 Å². The predicted molar refractivity (Wildman–Crippen MR) is 102 cm³/mol. The predicted octanol–water partition coefficient (Wildman–Crippen LogP) is 3.90. The van der Waals surface area contributed by atoms with Crippen LogP contribution in [0.15, 0.2) is 48.7 Å². The number of benzene rings is 2. The van der Waals surface area contributed by atoms with Crippen LogP contribution in [0, 0.1) is 5.82 Å². The van der Waals surface area contributed by atoms with Gasteiger partial charge in [-0.3, -0.25) is 0 Å². The van der Waals surface area contributed by atoms with Crippen molar-refractivity contribution in [2.45, 2.75) is 13.0 Å². The number of aliphatic hydroxyl groups is 1. The molecule has 0 aliphatic carbocycles. The minimum atomic E-state index is -0.540. The van der Waals surface area contributed by atoms with E-state index in [1.165, 1.54) is 6.07 Å². The summed E-state index contributed by atoms with van der Waals surface area (Å²) < 4.78 is 14.5. The standard InChI is InChI=1S/C20H22FN3O/c1-13(25)11-22-20-19-16(5-4-6-18(19)21)17(12-23-20)14-7-9-15(10-8-14)24(2)3/h4-10,12-13,25H,11H2,1-3H3,(H,22,23). The third-order valence-electron chi connectivity index (χ3n) is 4.12. The smallest absolute Gasteiger partial charge is 0.136 e. The number of halogens is 1. The lowest BCUT2D eigenvalue weighted by Gasteiger charge is -2.15. The van der Waals surface area contributed by atoms with E-state index < -0.39 is 6.10 Å². The Hall–Kier alpha value is -2.66. The molecular weight excluding hydrogens is 317 g/mol. The molecule has 0 saturated carbocycles. The molecule has 0 saturated heterocycles. The van der Waals surface area contributed by atoms with Gasteiger partial charge in [0.25, 0.3) is 0 Å². The maximum absolute atomic E-state index is 14.5. The van der Waals surface area contributed by atoms with E-state index in [0.29, 0.717) is 17.7 Å². The summed E-state index contributed by atoms with van der Waals surface area (Å²) in [7, 11) is 3.98. The molecule has 0 radical (unpaired) electrons. The number of nitrogens with zero attached hydrogens (tertiary/aromatic N) is 2.